The fourth-order valence-electron chi connectivity index (χ4n) is 3.59. The Hall–Kier alpha value is -2.19. The molecule has 0 unspecified atom stereocenters. The zero-order valence-electron chi connectivity index (χ0n) is 17.9. The topological polar surface area (TPSA) is 46.5 Å². The number of carboxylic acid groups (broad SMARTS) is 1. The molecule has 32 heavy (non-hydrogen) atoms. The van der Waals surface area contributed by atoms with Gasteiger partial charge in [0, 0.05) is 14.5 Å². The Labute approximate surface area is 193 Å². The van der Waals surface area contributed by atoms with E-state index in [0.717, 1.165) is 57.7 Å². The number of hydrogen-bond donors (Lipinski definition) is 1. The smallest absolute Gasteiger partial charge is 0.416 e. The van der Waals surface area contributed by atoms with E-state index in [0.29, 0.717) is 10.4 Å². The van der Waals surface area contributed by atoms with E-state index in [2.05, 4.69) is 0 Å². The molecule has 0 aliphatic heterocycles. The molecule has 3 rings (SSSR count). The van der Waals surface area contributed by atoms with Crippen LogP contribution in [-0.2, 0) is 30.2 Å². The van der Waals surface area contributed by atoms with Crippen molar-refractivity contribution in [1.82, 2.24) is 0 Å². The molecule has 0 aliphatic rings. The first kappa shape index (κ1) is 24.5. The van der Waals surface area contributed by atoms with Gasteiger partial charge in [-0.1, -0.05) is 19.9 Å². The van der Waals surface area contributed by atoms with Crippen molar-refractivity contribution in [3.05, 3.63) is 58.0 Å². The van der Waals surface area contributed by atoms with Crippen molar-refractivity contribution in [3.8, 4) is 5.75 Å². The molecule has 1 N–H and O–H groups in total. The molecule has 0 bridgehead atoms. The van der Waals surface area contributed by atoms with Crippen LogP contribution in [-0.4, -0.2) is 23.4 Å². The van der Waals surface area contributed by atoms with Gasteiger partial charge in [0.1, 0.15) is 5.75 Å². The van der Waals surface area contributed by atoms with Gasteiger partial charge in [-0.3, -0.25) is 0 Å². The number of fused-ring (bicyclic) bond motifs is 1. The molecule has 0 spiro atoms. The van der Waals surface area contributed by atoms with Gasteiger partial charge < -0.3 is 9.84 Å². The lowest BCUT2D eigenvalue weighted by molar-refractivity contribution is -0.139. The number of alkyl halides is 3. The third-order valence-electron chi connectivity index (χ3n) is 5.14. The second-order valence-electron chi connectivity index (χ2n) is 7.32. The summed E-state index contributed by atoms with van der Waals surface area (Å²) in [6.45, 7) is 3.67. The molecule has 0 atom stereocenters. The van der Waals surface area contributed by atoms with Crippen LogP contribution in [0.4, 0.5) is 13.2 Å². The van der Waals surface area contributed by atoms with Crippen molar-refractivity contribution in [2.45, 2.75) is 50.6 Å². The number of rotatable bonds is 10. The minimum Gasteiger partial charge on any atom is -0.482 e. The Kier molecular flexibility index (Phi) is 8.11. The van der Waals surface area contributed by atoms with Crippen LogP contribution in [0.2, 0.25) is 0 Å². The maximum Gasteiger partial charge on any atom is 0.416 e. The summed E-state index contributed by atoms with van der Waals surface area (Å²) in [5.74, 6) is 0.465. The Balaban J connectivity index is 1.63. The normalized spacial score (nSPS) is 11.8. The first-order valence-electron chi connectivity index (χ1n) is 10.4. The lowest BCUT2D eigenvalue weighted by Crippen LogP contribution is -2.10. The molecule has 3 aromatic rings. The fraction of sp³-hybridized carbons (Fsp3) is 0.375. The summed E-state index contributed by atoms with van der Waals surface area (Å²) < 4.78 is 45.2. The van der Waals surface area contributed by atoms with Crippen molar-refractivity contribution in [2.24, 2.45) is 0 Å². The van der Waals surface area contributed by atoms with Gasteiger partial charge in [-0.05, 0) is 78.3 Å². The molecule has 1 heterocycles. The standard InChI is InChI=1S/C24H25F3O3S2/c1-3-15-12-17(8-10-20(15)30-14-23(28)29)31-11-5-6-21-18(4-2)19-9-7-16(24(25,26)27)13-22(19)32-21/h7-10,12-13H,3-6,11,14H2,1-2H3,(H,28,29). The number of halogens is 3. The summed E-state index contributed by atoms with van der Waals surface area (Å²) >= 11 is 3.18. The molecule has 0 saturated heterocycles. The third-order valence-corrected chi connectivity index (χ3v) is 7.47. The fourth-order valence-corrected chi connectivity index (χ4v) is 5.88. The summed E-state index contributed by atoms with van der Waals surface area (Å²) in [6.07, 6.45) is -1.05. The van der Waals surface area contributed by atoms with E-state index < -0.39 is 17.7 Å². The van der Waals surface area contributed by atoms with Gasteiger partial charge in [0.25, 0.3) is 0 Å². The Morgan fingerprint density at radius 2 is 1.91 bits per heavy atom. The Morgan fingerprint density at radius 3 is 2.56 bits per heavy atom. The average molecular weight is 483 g/mol. The quantitative estimate of drug-likeness (QED) is 0.245. The van der Waals surface area contributed by atoms with Gasteiger partial charge in [-0.15, -0.1) is 23.1 Å². The molecule has 0 aliphatic carbocycles. The predicted molar refractivity (Wildman–Crippen MR) is 124 cm³/mol. The second kappa shape index (κ2) is 10.6. The summed E-state index contributed by atoms with van der Waals surface area (Å²) in [6, 6.07) is 9.80. The van der Waals surface area contributed by atoms with Crippen molar-refractivity contribution in [2.75, 3.05) is 12.4 Å². The van der Waals surface area contributed by atoms with Gasteiger partial charge in [-0.2, -0.15) is 13.2 Å². The lowest BCUT2D eigenvalue weighted by Gasteiger charge is -2.11. The molecule has 8 heteroatoms. The molecule has 3 nitrogen and oxygen atoms in total. The Bertz CT molecular complexity index is 1090. The van der Waals surface area contributed by atoms with E-state index in [9.17, 15) is 18.0 Å². The highest BCUT2D eigenvalue weighted by atomic mass is 32.2. The molecule has 0 fully saturated rings. The van der Waals surface area contributed by atoms with Gasteiger partial charge >= 0.3 is 12.1 Å². The van der Waals surface area contributed by atoms with Gasteiger partial charge in [-0.25, -0.2) is 4.79 Å². The average Bonchev–Trinajstić information content (AvgIpc) is 3.11. The largest absolute Gasteiger partial charge is 0.482 e. The number of carbonyl (C=O) groups is 1. The number of thiophene rings is 1. The zero-order chi connectivity index (χ0) is 23.3. The Morgan fingerprint density at radius 1 is 1.12 bits per heavy atom. The number of aliphatic carboxylic acids is 1. The SMILES string of the molecule is CCc1cc(SCCCc2sc3cc(C(F)(F)F)ccc3c2CC)ccc1OCC(=O)O. The molecule has 1 aromatic heterocycles. The van der Waals surface area contributed by atoms with Crippen LogP contribution in [0, 0.1) is 0 Å². The summed E-state index contributed by atoms with van der Waals surface area (Å²) in [5.41, 5.74) is 1.52. The monoisotopic (exact) mass is 482 g/mol. The predicted octanol–water partition coefficient (Wildman–Crippen LogP) is 7.23. The van der Waals surface area contributed by atoms with Crippen molar-refractivity contribution >= 4 is 39.2 Å². The van der Waals surface area contributed by atoms with Crippen molar-refractivity contribution in [3.63, 3.8) is 0 Å². The molecule has 172 valence electrons. The number of carboxylic acids is 1. The maximum atomic E-state index is 13.0. The van der Waals surface area contributed by atoms with Crippen molar-refractivity contribution < 1.29 is 27.8 Å². The molecule has 2 aromatic carbocycles. The van der Waals surface area contributed by atoms with Crippen LogP contribution in [0.1, 0.15) is 41.8 Å². The maximum absolute atomic E-state index is 13.0. The van der Waals surface area contributed by atoms with Crippen LogP contribution >= 0.6 is 23.1 Å². The van der Waals surface area contributed by atoms with E-state index >= 15 is 0 Å². The summed E-state index contributed by atoms with van der Waals surface area (Å²) in [5, 5.41) is 9.71. The van der Waals surface area contributed by atoms with E-state index in [4.69, 9.17) is 9.84 Å². The second-order valence-corrected chi connectivity index (χ2v) is 9.63. The minimum atomic E-state index is -4.33. The van der Waals surface area contributed by atoms with Crippen molar-refractivity contribution in [1.29, 1.82) is 0 Å². The lowest BCUT2D eigenvalue weighted by atomic mass is 10.0. The van der Waals surface area contributed by atoms with Crippen LogP contribution in [0.5, 0.6) is 5.75 Å². The number of thioether (sulfide) groups is 1. The third kappa shape index (κ3) is 5.98. The van der Waals surface area contributed by atoms with Gasteiger partial charge in [0.05, 0.1) is 5.56 Å². The molecular weight excluding hydrogens is 457 g/mol. The van der Waals surface area contributed by atoms with E-state index in [1.165, 1.54) is 23.5 Å². The van der Waals surface area contributed by atoms with Crippen LogP contribution < -0.4 is 4.74 Å². The number of ether oxygens (including phenoxy) is 1. The number of aryl methyl sites for hydroxylation is 3. The van der Waals surface area contributed by atoms with Crippen LogP contribution in [0.3, 0.4) is 0 Å². The minimum absolute atomic E-state index is 0.362. The van der Waals surface area contributed by atoms with E-state index in [-0.39, 0.29) is 6.61 Å². The highest BCUT2D eigenvalue weighted by Gasteiger charge is 2.31. The van der Waals surface area contributed by atoms with E-state index in [1.807, 2.05) is 32.0 Å². The molecule has 0 radical (unpaired) electrons. The molecular formula is C24H25F3O3S2. The number of benzene rings is 2. The number of hydrogen-bond acceptors (Lipinski definition) is 4. The van der Waals surface area contributed by atoms with Crippen LogP contribution in [0.15, 0.2) is 41.3 Å². The van der Waals surface area contributed by atoms with Crippen LogP contribution in [0.25, 0.3) is 10.1 Å². The summed E-state index contributed by atoms with van der Waals surface area (Å²) in [7, 11) is 0. The first-order chi connectivity index (χ1) is 15.2. The first-order valence-corrected chi connectivity index (χ1v) is 12.2. The molecule has 0 saturated carbocycles. The van der Waals surface area contributed by atoms with E-state index in [1.54, 1.807) is 17.8 Å². The molecule has 0 amide bonds. The highest BCUT2D eigenvalue weighted by molar-refractivity contribution is 7.99. The van der Waals surface area contributed by atoms with Gasteiger partial charge in [0.2, 0.25) is 0 Å². The van der Waals surface area contributed by atoms with Gasteiger partial charge in [0.15, 0.2) is 6.61 Å². The zero-order valence-corrected chi connectivity index (χ0v) is 19.6. The summed E-state index contributed by atoms with van der Waals surface area (Å²) in [4.78, 5) is 13.0. The highest BCUT2D eigenvalue weighted by Crippen LogP contribution is 2.38.